The summed E-state index contributed by atoms with van der Waals surface area (Å²) in [5, 5.41) is 0. The summed E-state index contributed by atoms with van der Waals surface area (Å²) in [5.74, 6) is 0.506. The van der Waals surface area contributed by atoms with Crippen molar-refractivity contribution in [3.63, 3.8) is 0 Å². The average molecular weight is 322 g/mol. The Kier molecular flexibility index (Phi) is 6.42. The summed E-state index contributed by atoms with van der Waals surface area (Å²) in [6.07, 6.45) is 2.52. The second kappa shape index (κ2) is 7.70. The molecule has 0 saturated heterocycles. The lowest BCUT2D eigenvalue weighted by atomic mass is 10.4. The molecule has 2 N–H and O–H groups in total. The van der Waals surface area contributed by atoms with Crippen molar-refractivity contribution in [1.82, 2.24) is 4.98 Å². The molecule has 4 nitrogen and oxygen atoms in total. The Balaban J connectivity index is 2.12. The molecule has 0 aliphatic heterocycles. The topological polar surface area (TPSA) is 57.4 Å². The van der Waals surface area contributed by atoms with E-state index in [0.717, 1.165) is 24.1 Å². The van der Waals surface area contributed by atoms with Crippen molar-refractivity contribution in [3.05, 3.63) is 18.3 Å². The number of hydrogen-bond acceptors (Lipinski definition) is 4. The molecule has 0 saturated carbocycles. The zero-order valence-electron chi connectivity index (χ0n) is 8.49. The van der Waals surface area contributed by atoms with Gasteiger partial charge in [0.05, 0.1) is 18.9 Å². The standard InChI is InChI=1S/C10H15IN2O2/c11-4-8-14-6-2-7-15-10-9(12)3-1-5-13-10/h1,3,5H,2,4,6-8,12H2. The van der Waals surface area contributed by atoms with Crippen LogP contribution < -0.4 is 10.5 Å². The molecule has 0 spiro atoms. The molecule has 1 rings (SSSR count). The molecule has 5 heteroatoms. The monoisotopic (exact) mass is 322 g/mol. The molecule has 0 fully saturated rings. The highest BCUT2D eigenvalue weighted by molar-refractivity contribution is 14.1. The van der Waals surface area contributed by atoms with E-state index < -0.39 is 0 Å². The molecule has 0 atom stereocenters. The molecule has 0 aliphatic rings. The lowest BCUT2D eigenvalue weighted by Gasteiger charge is -2.07. The highest BCUT2D eigenvalue weighted by Gasteiger charge is 1.99. The van der Waals surface area contributed by atoms with Gasteiger partial charge in [-0.15, -0.1) is 0 Å². The maximum Gasteiger partial charge on any atom is 0.237 e. The number of nitrogens with two attached hydrogens (primary N) is 1. The van der Waals surface area contributed by atoms with Crippen molar-refractivity contribution in [3.8, 4) is 5.88 Å². The smallest absolute Gasteiger partial charge is 0.237 e. The van der Waals surface area contributed by atoms with Gasteiger partial charge in [0.2, 0.25) is 5.88 Å². The van der Waals surface area contributed by atoms with E-state index >= 15 is 0 Å². The van der Waals surface area contributed by atoms with Gasteiger partial charge in [-0.1, -0.05) is 22.6 Å². The van der Waals surface area contributed by atoms with Gasteiger partial charge in [0.15, 0.2) is 0 Å². The predicted molar refractivity (Wildman–Crippen MR) is 68.5 cm³/mol. The van der Waals surface area contributed by atoms with Crippen molar-refractivity contribution >= 4 is 28.3 Å². The zero-order valence-corrected chi connectivity index (χ0v) is 10.6. The summed E-state index contributed by atoms with van der Waals surface area (Å²) >= 11 is 2.28. The lowest BCUT2D eigenvalue weighted by molar-refractivity contribution is 0.133. The summed E-state index contributed by atoms with van der Waals surface area (Å²) in [5.41, 5.74) is 6.24. The molecular formula is C10H15IN2O2. The van der Waals surface area contributed by atoms with Crippen LogP contribution in [0.5, 0.6) is 5.88 Å². The van der Waals surface area contributed by atoms with Crippen LogP contribution in [0, 0.1) is 0 Å². The van der Waals surface area contributed by atoms with Crippen LogP contribution in [0.15, 0.2) is 18.3 Å². The number of pyridine rings is 1. The minimum atomic E-state index is 0.506. The van der Waals surface area contributed by atoms with Gasteiger partial charge in [-0.05, 0) is 12.1 Å². The van der Waals surface area contributed by atoms with E-state index in [2.05, 4.69) is 27.6 Å². The van der Waals surface area contributed by atoms with E-state index in [-0.39, 0.29) is 0 Å². The number of anilines is 1. The fraction of sp³-hybridized carbons (Fsp3) is 0.500. The quantitative estimate of drug-likeness (QED) is 0.473. The summed E-state index contributed by atoms with van der Waals surface area (Å²) in [4.78, 5) is 4.02. The van der Waals surface area contributed by atoms with E-state index in [1.165, 1.54) is 0 Å². The second-order valence-electron chi connectivity index (χ2n) is 2.90. The van der Waals surface area contributed by atoms with Gasteiger partial charge < -0.3 is 15.2 Å². The summed E-state index contributed by atoms with van der Waals surface area (Å²) < 4.78 is 11.7. The molecule has 1 aromatic heterocycles. The van der Waals surface area contributed by atoms with Crippen LogP contribution in [0.3, 0.4) is 0 Å². The molecule has 0 bridgehead atoms. The second-order valence-corrected chi connectivity index (χ2v) is 3.98. The Bertz CT molecular complexity index is 284. The molecule has 15 heavy (non-hydrogen) atoms. The van der Waals surface area contributed by atoms with Gasteiger partial charge in [-0.2, -0.15) is 0 Å². The number of hydrogen-bond donors (Lipinski definition) is 1. The van der Waals surface area contributed by atoms with Crippen LogP contribution in [0.4, 0.5) is 5.69 Å². The molecular weight excluding hydrogens is 307 g/mol. The van der Waals surface area contributed by atoms with Gasteiger partial charge in [0, 0.05) is 23.7 Å². The number of alkyl halides is 1. The van der Waals surface area contributed by atoms with Crippen LogP contribution in [0.1, 0.15) is 6.42 Å². The van der Waals surface area contributed by atoms with Crippen molar-refractivity contribution in [1.29, 1.82) is 0 Å². The first-order chi connectivity index (χ1) is 7.34. The Morgan fingerprint density at radius 1 is 1.33 bits per heavy atom. The number of nitrogen functional groups attached to an aromatic ring is 1. The predicted octanol–water partition coefficient (Wildman–Crippen LogP) is 1.88. The summed E-state index contributed by atoms with van der Waals surface area (Å²) in [6, 6.07) is 3.56. The van der Waals surface area contributed by atoms with Crippen molar-refractivity contribution in [2.75, 3.05) is 30.0 Å². The molecule has 0 unspecified atom stereocenters. The third-order valence-corrected chi connectivity index (χ3v) is 2.13. The zero-order chi connectivity index (χ0) is 10.9. The molecule has 1 aromatic rings. The number of rotatable bonds is 7. The molecule has 84 valence electrons. The summed E-state index contributed by atoms with van der Waals surface area (Å²) in [6.45, 7) is 2.10. The van der Waals surface area contributed by atoms with Crippen LogP contribution in [0.2, 0.25) is 0 Å². The van der Waals surface area contributed by atoms with E-state index in [9.17, 15) is 0 Å². The minimum absolute atomic E-state index is 0.506. The maximum absolute atomic E-state index is 5.66. The van der Waals surface area contributed by atoms with Gasteiger partial charge in [-0.25, -0.2) is 4.98 Å². The van der Waals surface area contributed by atoms with Crippen molar-refractivity contribution < 1.29 is 9.47 Å². The van der Waals surface area contributed by atoms with Crippen LogP contribution in [-0.4, -0.2) is 29.2 Å². The third-order valence-electron chi connectivity index (χ3n) is 1.69. The van der Waals surface area contributed by atoms with Gasteiger partial charge in [-0.3, -0.25) is 0 Å². The van der Waals surface area contributed by atoms with Gasteiger partial charge in [0.25, 0.3) is 0 Å². The van der Waals surface area contributed by atoms with Crippen molar-refractivity contribution in [2.24, 2.45) is 0 Å². The lowest BCUT2D eigenvalue weighted by Crippen LogP contribution is -2.06. The van der Waals surface area contributed by atoms with Gasteiger partial charge in [0.1, 0.15) is 0 Å². The van der Waals surface area contributed by atoms with E-state index in [0.29, 0.717) is 18.2 Å². The van der Waals surface area contributed by atoms with Gasteiger partial charge >= 0.3 is 0 Å². The Morgan fingerprint density at radius 2 is 2.20 bits per heavy atom. The largest absolute Gasteiger partial charge is 0.476 e. The normalized spacial score (nSPS) is 10.2. The number of ether oxygens (including phenoxy) is 2. The van der Waals surface area contributed by atoms with Crippen LogP contribution >= 0.6 is 22.6 Å². The number of nitrogens with zero attached hydrogens (tertiary/aromatic N) is 1. The first kappa shape index (κ1) is 12.5. The van der Waals surface area contributed by atoms with E-state index in [1.54, 1.807) is 18.3 Å². The fourth-order valence-electron chi connectivity index (χ4n) is 1.01. The highest BCUT2D eigenvalue weighted by atomic mass is 127. The SMILES string of the molecule is Nc1cccnc1OCCCOCCI. The van der Waals surface area contributed by atoms with Crippen LogP contribution in [0.25, 0.3) is 0 Å². The fourth-order valence-corrected chi connectivity index (χ4v) is 1.32. The Morgan fingerprint density at radius 3 is 2.93 bits per heavy atom. The molecule has 0 radical (unpaired) electrons. The average Bonchev–Trinajstić information content (AvgIpc) is 2.25. The number of halogens is 1. The first-order valence-electron chi connectivity index (χ1n) is 4.81. The number of aromatic nitrogens is 1. The maximum atomic E-state index is 5.66. The first-order valence-corrected chi connectivity index (χ1v) is 6.34. The Hall–Kier alpha value is -0.560. The van der Waals surface area contributed by atoms with E-state index in [4.69, 9.17) is 15.2 Å². The molecule has 0 aromatic carbocycles. The van der Waals surface area contributed by atoms with Crippen LogP contribution in [-0.2, 0) is 4.74 Å². The molecule has 1 heterocycles. The Labute approximate surface area is 103 Å². The summed E-state index contributed by atoms with van der Waals surface area (Å²) in [7, 11) is 0. The molecule has 0 amide bonds. The highest BCUT2D eigenvalue weighted by Crippen LogP contribution is 2.15. The minimum Gasteiger partial charge on any atom is -0.476 e. The third kappa shape index (κ3) is 5.17. The van der Waals surface area contributed by atoms with E-state index in [1.807, 2.05) is 0 Å². The molecule has 0 aliphatic carbocycles. The van der Waals surface area contributed by atoms with Crippen molar-refractivity contribution in [2.45, 2.75) is 6.42 Å².